The van der Waals surface area contributed by atoms with Crippen LogP contribution in [0.1, 0.15) is 93.0 Å². The maximum Gasteiger partial charge on any atom is 0.253 e. The Hall–Kier alpha value is -3.01. The molecule has 0 radical (unpaired) electrons. The third-order valence-corrected chi connectivity index (χ3v) is 14.2. The Labute approximate surface area is 293 Å². The zero-order chi connectivity index (χ0) is 33.6. The number of likely N-dealkylation sites (tertiary alicyclic amines) is 1. The summed E-state index contributed by atoms with van der Waals surface area (Å²) in [6, 6.07) is 24.7. The molecule has 2 bridgehead atoms. The SMILES string of the molecule is Cc1nc2ccccc2n1C1CC2CC(CCC3(c4ccccc4)CCN(C(=O)c4ccc(Br)c(S(=O)(=O)NC(C)C)c4)CC3)C(C2)C1. The number of carbonyl (C=O) groups is 1. The monoisotopic (exact) mass is 730 g/mol. The van der Waals surface area contributed by atoms with Crippen molar-refractivity contribution >= 4 is 42.9 Å². The van der Waals surface area contributed by atoms with Crippen LogP contribution in [-0.2, 0) is 15.4 Å². The van der Waals surface area contributed by atoms with Crippen molar-refractivity contribution in [2.24, 2.45) is 17.8 Å². The Kier molecular flexibility index (Phi) is 9.32. The molecule has 1 saturated heterocycles. The first-order valence-corrected chi connectivity index (χ1v) is 19.9. The number of halogens is 1. The Morgan fingerprint density at radius 2 is 1.71 bits per heavy atom. The predicted octanol–water partition coefficient (Wildman–Crippen LogP) is 8.43. The first kappa shape index (κ1) is 33.5. The van der Waals surface area contributed by atoms with Crippen LogP contribution >= 0.6 is 15.9 Å². The average Bonchev–Trinajstić information content (AvgIpc) is 3.56. The molecule has 4 aromatic rings. The highest BCUT2D eigenvalue weighted by molar-refractivity contribution is 9.10. The van der Waals surface area contributed by atoms with Crippen molar-refractivity contribution in [2.75, 3.05) is 13.1 Å². The molecule has 0 spiro atoms. The zero-order valence-corrected chi connectivity index (χ0v) is 30.6. The van der Waals surface area contributed by atoms with Gasteiger partial charge in [-0.25, -0.2) is 18.1 Å². The van der Waals surface area contributed by atoms with Crippen molar-refractivity contribution in [1.82, 2.24) is 19.2 Å². The summed E-state index contributed by atoms with van der Waals surface area (Å²) >= 11 is 3.38. The molecule has 1 N–H and O–H groups in total. The van der Waals surface area contributed by atoms with Crippen LogP contribution in [0.2, 0.25) is 0 Å². The van der Waals surface area contributed by atoms with E-state index in [2.05, 4.69) is 86.7 Å². The second-order valence-electron chi connectivity index (χ2n) is 14.9. The molecule has 48 heavy (non-hydrogen) atoms. The van der Waals surface area contributed by atoms with Gasteiger partial charge in [0.25, 0.3) is 5.91 Å². The van der Waals surface area contributed by atoms with E-state index in [1.807, 2.05) is 4.90 Å². The highest BCUT2D eigenvalue weighted by atomic mass is 79.9. The van der Waals surface area contributed by atoms with Crippen LogP contribution < -0.4 is 4.72 Å². The molecule has 1 amide bonds. The Balaban J connectivity index is 1.05. The summed E-state index contributed by atoms with van der Waals surface area (Å²) in [6.45, 7) is 7.04. The van der Waals surface area contributed by atoms with Crippen molar-refractivity contribution in [3.05, 3.63) is 94.2 Å². The number of imidazole rings is 1. The summed E-state index contributed by atoms with van der Waals surface area (Å²) in [7, 11) is -3.75. The lowest BCUT2D eigenvalue weighted by molar-refractivity contribution is 0.0651. The van der Waals surface area contributed by atoms with Gasteiger partial charge < -0.3 is 9.47 Å². The number of sulfonamides is 1. The summed E-state index contributed by atoms with van der Waals surface area (Å²) < 4.78 is 31.6. The van der Waals surface area contributed by atoms with Crippen molar-refractivity contribution in [3.63, 3.8) is 0 Å². The zero-order valence-electron chi connectivity index (χ0n) is 28.2. The molecule has 2 aliphatic carbocycles. The van der Waals surface area contributed by atoms with E-state index in [0.717, 1.165) is 48.4 Å². The summed E-state index contributed by atoms with van der Waals surface area (Å²) in [6.07, 6.45) is 9.32. The maximum absolute atomic E-state index is 13.8. The van der Waals surface area contributed by atoms with Crippen molar-refractivity contribution in [1.29, 1.82) is 0 Å². The molecule has 7 rings (SSSR count). The molecule has 4 atom stereocenters. The van der Waals surface area contributed by atoms with Gasteiger partial charge in [-0.15, -0.1) is 0 Å². The molecule has 1 aliphatic heterocycles. The number of nitrogens with zero attached hydrogens (tertiary/aromatic N) is 3. The van der Waals surface area contributed by atoms with Gasteiger partial charge in [-0.1, -0.05) is 42.5 Å². The lowest BCUT2D eigenvalue weighted by Gasteiger charge is -2.43. The van der Waals surface area contributed by atoms with Gasteiger partial charge in [0.05, 0.1) is 15.9 Å². The lowest BCUT2D eigenvalue weighted by Crippen LogP contribution is -2.45. The normalized spacial score (nSPS) is 24.0. The molecular weight excluding hydrogens is 684 g/mol. The van der Waals surface area contributed by atoms with Gasteiger partial charge in [-0.2, -0.15) is 0 Å². The molecule has 7 nitrogen and oxygen atoms in total. The average molecular weight is 732 g/mol. The van der Waals surface area contributed by atoms with E-state index >= 15 is 0 Å². The highest BCUT2D eigenvalue weighted by Crippen LogP contribution is 2.53. The number of carbonyl (C=O) groups excluding carboxylic acids is 1. The number of amides is 1. The van der Waals surface area contributed by atoms with Crippen LogP contribution in [-0.4, -0.2) is 47.9 Å². The van der Waals surface area contributed by atoms with E-state index in [-0.39, 0.29) is 22.3 Å². The van der Waals surface area contributed by atoms with Gasteiger partial charge in [0, 0.05) is 35.2 Å². The predicted molar refractivity (Wildman–Crippen MR) is 195 cm³/mol. The molecule has 2 heterocycles. The third-order valence-electron chi connectivity index (χ3n) is 11.5. The van der Waals surface area contributed by atoms with E-state index in [1.54, 1.807) is 26.0 Å². The topological polar surface area (TPSA) is 84.3 Å². The van der Waals surface area contributed by atoms with Gasteiger partial charge in [0.1, 0.15) is 5.82 Å². The van der Waals surface area contributed by atoms with Gasteiger partial charge in [-0.05, 0) is 147 Å². The van der Waals surface area contributed by atoms with Crippen LogP contribution in [0.4, 0.5) is 0 Å². The summed E-state index contributed by atoms with van der Waals surface area (Å²) in [5.41, 5.74) is 4.19. The van der Waals surface area contributed by atoms with Gasteiger partial charge in [0.15, 0.2) is 0 Å². The van der Waals surface area contributed by atoms with Crippen molar-refractivity contribution < 1.29 is 13.2 Å². The molecule has 1 aromatic heterocycles. The standard InChI is InChI=1S/C39H47BrN4O3S/c1-26(2)42-48(46,47)37-25-30(13-14-34(37)40)38(45)43-19-17-39(18-20-43,32-9-5-4-6-10-32)16-15-29-21-28-22-31(29)24-33(23-28)44-27(3)41-35-11-7-8-12-36(35)44/h4-14,25-26,28-29,31,33,42H,15-24H2,1-3H3. The number of hydrogen-bond acceptors (Lipinski definition) is 4. The fourth-order valence-electron chi connectivity index (χ4n) is 9.31. The van der Waals surface area contributed by atoms with Crippen LogP contribution in [0.25, 0.3) is 11.0 Å². The van der Waals surface area contributed by atoms with Crippen molar-refractivity contribution in [2.45, 2.75) is 94.5 Å². The Bertz CT molecular complexity index is 1900. The molecule has 3 fully saturated rings. The number of aryl methyl sites for hydroxylation is 1. The minimum atomic E-state index is -3.75. The molecular formula is C39H47BrN4O3S. The van der Waals surface area contributed by atoms with Gasteiger partial charge in [0.2, 0.25) is 10.0 Å². The highest BCUT2D eigenvalue weighted by Gasteiger charge is 2.44. The molecule has 254 valence electrons. The summed E-state index contributed by atoms with van der Waals surface area (Å²) in [4.78, 5) is 20.7. The number of nitrogens with one attached hydrogen (secondary N) is 1. The maximum atomic E-state index is 13.8. The first-order valence-electron chi connectivity index (χ1n) is 17.6. The number of aromatic nitrogens is 2. The number of para-hydroxylation sites is 2. The van der Waals surface area contributed by atoms with Crippen LogP contribution in [0.3, 0.4) is 0 Å². The minimum absolute atomic E-state index is 0.0284. The number of benzene rings is 3. The van der Waals surface area contributed by atoms with E-state index < -0.39 is 10.0 Å². The Morgan fingerprint density at radius 3 is 2.46 bits per heavy atom. The van der Waals surface area contributed by atoms with Crippen LogP contribution in [0.5, 0.6) is 0 Å². The molecule has 4 unspecified atom stereocenters. The Morgan fingerprint density at radius 1 is 0.979 bits per heavy atom. The number of piperidine rings is 1. The largest absolute Gasteiger partial charge is 0.339 e. The molecule has 2 saturated carbocycles. The van der Waals surface area contributed by atoms with E-state index in [4.69, 9.17) is 4.98 Å². The van der Waals surface area contributed by atoms with Crippen LogP contribution in [0.15, 0.2) is 82.2 Å². The number of hydrogen-bond donors (Lipinski definition) is 1. The van der Waals surface area contributed by atoms with Crippen molar-refractivity contribution in [3.8, 4) is 0 Å². The van der Waals surface area contributed by atoms with Gasteiger partial charge in [-0.3, -0.25) is 4.79 Å². The molecule has 9 heteroatoms. The van der Waals surface area contributed by atoms with E-state index in [0.29, 0.717) is 29.2 Å². The lowest BCUT2D eigenvalue weighted by atomic mass is 9.68. The fourth-order valence-corrected chi connectivity index (χ4v) is 11.6. The third kappa shape index (κ3) is 6.50. The number of rotatable bonds is 9. The second kappa shape index (κ2) is 13.4. The smallest absolute Gasteiger partial charge is 0.253 e. The van der Waals surface area contributed by atoms with Gasteiger partial charge >= 0.3 is 0 Å². The fraction of sp³-hybridized carbons (Fsp3) is 0.487. The number of fused-ring (bicyclic) bond motifs is 3. The van der Waals surface area contributed by atoms with E-state index in [9.17, 15) is 13.2 Å². The summed E-state index contributed by atoms with van der Waals surface area (Å²) in [5, 5.41) is 0. The van der Waals surface area contributed by atoms with E-state index in [1.165, 1.54) is 49.3 Å². The summed E-state index contributed by atoms with van der Waals surface area (Å²) in [5.74, 6) is 3.29. The first-order chi connectivity index (χ1) is 23.0. The molecule has 3 aliphatic rings. The molecule has 3 aromatic carbocycles. The second-order valence-corrected chi connectivity index (χ2v) is 17.4. The quantitative estimate of drug-likeness (QED) is 0.187. The minimum Gasteiger partial charge on any atom is -0.339 e. The van der Waals surface area contributed by atoms with Crippen LogP contribution in [0, 0.1) is 24.7 Å².